The second-order valence-corrected chi connectivity index (χ2v) is 2.88. The van der Waals surface area contributed by atoms with E-state index in [-0.39, 0.29) is 17.9 Å². The minimum absolute atomic E-state index is 0.0856. The van der Waals surface area contributed by atoms with Crippen molar-refractivity contribution in [3.05, 3.63) is 34.4 Å². The molecule has 0 fully saturated rings. The van der Waals surface area contributed by atoms with E-state index in [1.165, 1.54) is 22.8 Å². The summed E-state index contributed by atoms with van der Waals surface area (Å²) in [5, 5.41) is 2.70. The molecule has 15 heavy (non-hydrogen) atoms. The van der Waals surface area contributed by atoms with Gasteiger partial charge in [-0.2, -0.15) is 0 Å². The van der Waals surface area contributed by atoms with Gasteiger partial charge in [0.1, 0.15) is 0 Å². The van der Waals surface area contributed by atoms with E-state index in [4.69, 9.17) is 4.74 Å². The number of nitrogens with one attached hydrogen (secondary N) is 1. The molecule has 0 bridgehead atoms. The van der Waals surface area contributed by atoms with Crippen LogP contribution in [0.15, 0.2) is 23.1 Å². The van der Waals surface area contributed by atoms with E-state index < -0.39 is 5.97 Å². The zero-order valence-electron chi connectivity index (χ0n) is 8.06. The fourth-order valence-corrected chi connectivity index (χ4v) is 1.19. The molecule has 0 radical (unpaired) electrons. The van der Waals surface area contributed by atoms with Crippen LogP contribution in [0.25, 0.3) is 5.65 Å². The lowest BCUT2D eigenvalue weighted by molar-refractivity contribution is 0.0512. The van der Waals surface area contributed by atoms with Crippen LogP contribution in [-0.4, -0.2) is 27.2 Å². The number of carbonyl (C=O) groups is 1. The van der Waals surface area contributed by atoms with Crippen molar-refractivity contribution in [2.45, 2.75) is 6.92 Å². The number of esters is 1. The molecule has 0 saturated carbocycles. The van der Waals surface area contributed by atoms with Crippen LogP contribution in [-0.2, 0) is 4.74 Å². The Morgan fingerprint density at radius 1 is 1.67 bits per heavy atom. The summed E-state index contributed by atoms with van der Waals surface area (Å²) >= 11 is 0. The van der Waals surface area contributed by atoms with Crippen molar-refractivity contribution < 1.29 is 9.53 Å². The zero-order valence-corrected chi connectivity index (χ0v) is 8.06. The van der Waals surface area contributed by atoms with E-state index in [0.29, 0.717) is 5.65 Å². The quantitative estimate of drug-likeness (QED) is 0.713. The minimum atomic E-state index is -0.534. The Labute approximate surface area is 84.5 Å². The fraction of sp³-hybridized carbons (Fsp3) is 0.222. The van der Waals surface area contributed by atoms with Gasteiger partial charge in [0.25, 0.3) is 0 Å². The van der Waals surface area contributed by atoms with Crippen molar-refractivity contribution in [1.29, 1.82) is 0 Å². The van der Waals surface area contributed by atoms with Crippen LogP contribution in [0, 0.1) is 0 Å². The highest BCUT2D eigenvalue weighted by Gasteiger charge is 2.11. The zero-order chi connectivity index (χ0) is 10.8. The topological polar surface area (TPSA) is 76.5 Å². The van der Waals surface area contributed by atoms with Gasteiger partial charge >= 0.3 is 5.97 Å². The number of fused-ring (bicyclic) bond motifs is 1. The predicted octanol–water partition coefficient (Wildman–Crippen LogP) is 0.199. The molecule has 2 aromatic rings. The largest absolute Gasteiger partial charge is 0.460 e. The number of hydrogen-bond donors (Lipinski definition) is 1. The van der Waals surface area contributed by atoms with Gasteiger partial charge in [0, 0.05) is 18.3 Å². The Morgan fingerprint density at radius 3 is 3.20 bits per heavy atom. The normalized spacial score (nSPS) is 10.5. The molecule has 2 rings (SSSR count). The number of aromatic nitrogens is 3. The molecule has 0 unspecified atom stereocenters. The minimum Gasteiger partial charge on any atom is -0.460 e. The molecule has 6 heteroatoms. The first kappa shape index (κ1) is 9.45. The Kier molecular flexibility index (Phi) is 2.24. The second kappa shape index (κ2) is 3.56. The molecule has 0 amide bonds. The average Bonchev–Trinajstić information content (AvgIpc) is 2.60. The van der Waals surface area contributed by atoms with E-state index >= 15 is 0 Å². The van der Waals surface area contributed by atoms with Gasteiger partial charge in [-0.05, 0) is 6.92 Å². The number of carbonyl (C=O) groups excluding carboxylic acids is 1. The van der Waals surface area contributed by atoms with Crippen molar-refractivity contribution in [3.8, 4) is 0 Å². The molecule has 0 aliphatic rings. The maximum absolute atomic E-state index is 11.3. The number of H-pyrrole nitrogens is 1. The van der Waals surface area contributed by atoms with Crippen molar-refractivity contribution >= 4 is 11.6 Å². The number of hydrogen-bond acceptors (Lipinski definition) is 4. The molecule has 2 aromatic heterocycles. The molecule has 0 aliphatic carbocycles. The standard InChI is InChI=1S/C9H9N3O3/c1-2-15-9(14)8-10-7-5-6(13)3-4-12(7)11-8/h3-5H,2H2,1H3,(H,10,11). The summed E-state index contributed by atoms with van der Waals surface area (Å²) in [4.78, 5) is 26.2. The molecule has 78 valence electrons. The van der Waals surface area contributed by atoms with Gasteiger partial charge in [0.05, 0.1) is 6.61 Å². The fourth-order valence-electron chi connectivity index (χ4n) is 1.19. The SMILES string of the molecule is CCOC(=O)c1nc2cc(=O)ccn2[nH]1. The first-order valence-electron chi connectivity index (χ1n) is 4.46. The maximum atomic E-state index is 11.3. The van der Waals surface area contributed by atoms with Crippen LogP contribution < -0.4 is 5.43 Å². The molecular weight excluding hydrogens is 198 g/mol. The second-order valence-electron chi connectivity index (χ2n) is 2.88. The van der Waals surface area contributed by atoms with Crippen LogP contribution >= 0.6 is 0 Å². The van der Waals surface area contributed by atoms with Crippen LogP contribution in [0.5, 0.6) is 0 Å². The third-order valence-electron chi connectivity index (χ3n) is 1.83. The molecule has 1 N–H and O–H groups in total. The highest BCUT2D eigenvalue weighted by Crippen LogP contribution is 1.99. The van der Waals surface area contributed by atoms with Gasteiger partial charge in [0.2, 0.25) is 5.82 Å². The van der Waals surface area contributed by atoms with E-state index in [0.717, 1.165) is 0 Å². The van der Waals surface area contributed by atoms with Gasteiger partial charge < -0.3 is 4.74 Å². The van der Waals surface area contributed by atoms with Gasteiger partial charge in [-0.15, -0.1) is 0 Å². The van der Waals surface area contributed by atoms with E-state index in [2.05, 4.69) is 10.1 Å². The summed E-state index contributed by atoms with van der Waals surface area (Å²) in [5.41, 5.74) is 0.238. The highest BCUT2D eigenvalue weighted by atomic mass is 16.5. The van der Waals surface area contributed by atoms with Gasteiger partial charge in [0.15, 0.2) is 11.1 Å². The molecule has 0 aromatic carbocycles. The van der Waals surface area contributed by atoms with Gasteiger partial charge in [-0.1, -0.05) is 0 Å². The number of aromatic amines is 1. The third kappa shape index (κ3) is 1.74. The van der Waals surface area contributed by atoms with Crippen molar-refractivity contribution in [2.24, 2.45) is 0 Å². The Bertz CT molecular complexity index is 555. The lowest BCUT2D eigenvalue weighted by Crippen LogP contribution is -2.06. The Morgan fingerprint density at radius 2 is 2.47 bits per heavy atom. The molecule has 0 atom stereocenters. The average molecular weight is 207 g/mol. The number of nitrogens with zero attached hydrogens (tertiary/aromatic N) is 2. The number of pyridine rings is 1. The summed E-state index contributed by atoms with van der Waals surface area (Å²) in [7, 11) is 0. The predicted molar refractivity (Wildman–Crippen MR) is 51.8 cm³/mol. The molecular formula is C9H9N3O3. The lowest BCUT2D eigenvalue weighted by atomic mass is 10.5. The Balaban J connectivity index is 2.47. The van der Waals surface area contributed by atoms with Crippen LogP contribution in [0.2, 0.25) is 0 Å². The summed E-state index contributed by atoms with van der Waals surface area (Å²) in [6.07, 6.45) is 1.51. The smallest absolute Gasteiger partial charge is 0.375 e. The molecule has 2 heterocycles. The van der Waals surface area contributed by atoms with Crippen molar-refractivity contribution in [3.63, 3.8) is 0 Å². The highest BCUT2D eigenvalue weighted by molar-refractivity contribution is 5.85. The molecule has 0 aliphatic heterocycles. The van der Waals surface area contributed by atoms with Crippen LogP contribution in [0.1, 0.15) is 17.5 Å². The van der Waals surface area contributed by atoms with Crippen LogP contribution in [0.4, 0.5) is 0 Å². The maximum Gasteiger partial charge on any atom is 0.375 e. The molecule has 0 saturated heterocycles. The summed E-state index contributed by atoms with van der Waals surface area (Å²) in [5.74, 6) is -0.448. The molecule has 0 spiro atoms. The summed E-state index contributed by atoms with van der Waals surface area (Å²) in [6, 6.07) is 2.71. The lowest BCUT2D eigenvalue weighted by Gasteiger charge is -1.95. The first-order chi connectivity index (χ1) is 7.20. The van der Waals surface area contributed by atoms with Gasteiger partial charge in [-0.3, -0.25) is 9.89 Å². The van der Waals surface area contributed by atoms with Crippen molar-refractivity contribution in [2.75, 3.05) is 6.61 Å². The molecule has 6 nitrogen and oxygen atoms in total. The van der Waals surface area contributed by atoms with Crippen LogP contribution in [0.3, 0.4) is 0 Å². The number of rotatable bonds is 2. The summed E-state index contributed by atoms with van der Waals surface area (Å²) < 4.78 is 6.24. The van der Waals surface area contributed by atoms with Crippen molar-refractivity contribution in [1.82, 2.24) is 14.6 Å². The number of ether oxygens (including phenoxy) is 1. The Hall–Kier alpha value is -2.11. The van der Waals surface area contributed by atoms with E-state index in [1.54, 1.807) is 6.92 Å². The summed E-state index contributed by atoms with van der Waals surface area (Å²) in [6.45, 7) is 2.00. The monoisotopic (exact) mass is 207 g/mol. The van der Waals surface area contributed by atoms with E-state index in [1.807, 2.05) is 0 Å². The van der Waals surface area contributed by atoms with Gasteiger partial charge in [-0.25, -0.2) is 14.3 Å². The first-order valence-corrected chi connectivity index (χ1v) is 4.46. The third-order valence-corrected chi connectivity index (χ3v) is 1.83. The van der Waals surface area contributed by atoms with E-state index in [9.17, 15) is 9.59 Å².